The maximum Gasteiger partial charge on any atom is 0.150 e. The fourth-order valence-corrected chi connectivity index (χ4v) is 2.65. The molecule has 2 aromatic rings. The number of carbonyl (C=O) groups is 1. The molecule has 0 saturated heterocycles. The topological polar surface area (TPSA) is 44.1 Å². The van der Waals surface area contributed by atoms with Gasteiger partial charge < -0.3 is 4.74 Å². The quantitative estimate of drug-likeness (QED) is 0.752. The van der Waals surface area contributed by atoms with Crippen molar-refractivity contribution in [3.63, 3.8) is 0 Å². The largest absolute Gasteiger partial charge is 0.486 e. The smallest absolute Gasteiger partial charge is 0.150 e. The van der Waals surface area contributed by atoms with Gasteiger partial charge in [-0.1, -0.05) is 0 Å². The Bertz CT molecular complexity index is 623. The third kappa shape index (κ3) is 3.06. The van der Waals surface area contributed by atoms with E-state index in [1.54, 1.807) is 22.9 Å². The first-order valence-corrected chi connectivity index (χ1v) is 7.17. The molecule has 1 aromatic carbocycles. The van der Waals surface area contributed by atoms with Crippen molar-refractivity contribution in [2.24, 2.45) is 7.05 Å². The number of aldehydes is 1. The van der Waals surface area contributed by atoms with Crippen LogP contribution in [0, 0.1) is 6.92 Å². The molecule has 0 radical (unpaired) electrons. The molecule has 0 aliphatic rings. The highest BCUT2D eigenvalue weighted by Crippen LogP contribution is 2.28. The van der Waals surface area contributed by atoms with Gasteiger partial charge in [0.15, 0.2) is 0 Å². The summed E-state index contributed by atoms with van der Waals surface area (Å²) < 4.78 is 9.24. The molecule has 0 aliphatic heterocycles. The zero-order valence-corrected chi connectivity index (χ0v) is 13.7. The predicted molar refractivity (Wildman–Crippen MR) is 79.5 cm³/mol. The molecule has 0 fully saturated rings. The van der Waals surface area contributed by atoms with Crippen LogP contribution in [0.2, 0.25) is 0 Å². The molecule has 0 amide bonds. The molecule has 0 bridgehead atoms. The van der Waals surface area contributed by atoms with E-state index in [4.69, 9.17) is 4.74 Å². The Morgan fingerprint density at radius 1 is 1.42 bits per heavy atom. The van der Waals surface area contributed by atoms with Gasteiger partial charge in [0.25, 0.3) is 0 Å². The van der Waals surface area contributed by atoms with Gasteiger partial charge in [-0.25, -0.2) is 0 Å². The predicted octanol–water partition coefficient (Wildman–Crippen LogP) is 3.65. The standard InChI is InChI=1S/C13H12Br2N2O2/c1-8-13(15)11(17(2)16-8)7-19-12-4-3-9(6-18)5-10(12)14/h3-6H,7H2,1-2H3. The second kappa shape index (κ2) is 5.88. The number of carbonyl (C=O) groups excluding carboxylic acids is 1. The van der Waals surface area contributed by atoms with Gasteiger partial charge in [-0.2, -0.15) is 5.10 Å². The first-order valence-electron chi connectivity index (χ1n) is 5.58. The lowest BCUT2D eigenvalue weighted by atomic mass is 10.2. The van der Waals surface area contributed by atoms with Crippen molar-refractivity contribution < 1.29 is 9.53 Å². The Hall–Kier alpha value is -1.14. The van der Waals surface area contributed by atoms with Crippen LogP contribution in [-0.4, -0.2) is 16.1 Å². The minimum Gasteiger partial charge on any atom is -0.486 e. The average molecular weight is 388 g/mol. The van der Waals surface area contributed by atoms with Crippen LogP contribution in [0.5, 0.6) is 5.75 Å². The number of halogens is 2. The molecule has 0 unspecified atom stereocenters. The molecule has 0 aliphatic carbocycles. The Labute approximate surface area is 128 Å². The Morgan fingerprint density at radius 3 is 2.68 bits per heavy atom. The lowest BCUT2D eigenvalue weighted by molar-refractivity contribution is 0.112. The number of aryl methyl sites for hydroxylation is 2. The van der Waals surface area contributed by atoms with E-state index in [-0.39, 0.29) is 0 Å². The van der Waals surface area contributed by atoms with Crippen LogP contribution < -0.4 is 4.74 Å². The summed E-state index contributed by atoms with van der Waals surface area (Å²) in [5.74, 6) is 0.691. The highest BCUT2D eigenvalue weighted by Gasteiger charge is 2.12. The van der Waals surface area contributed by atoms with Crippen molar-refractivity contribution in [2.75, 3.05) is 0 Å². The summed E-state index contributed by atoms with van der Waals surface area (Å²) in [5, 5.41) is 4.30. The van der Waals surface area contributed by atoms with Gasteiger partial charge in [-0.05, 0) is 57.0 Å². The van der Waals surface area contributed by atoms with Gasteiger partial charge in [0.2, 0.25) is 0 Å². The minimum absolute atomic E-state index is 0.400. The lowest BCUT2D eigenvalue weighted by Gasteiger charge is -2.09. The summed E-state index contributed by atoms with van der Waals surface area (Å²) in [5.41, 5.74) is 2.50. The van der Waals surface area contributed by atoms with Crippen LogP contribution in [0.4, 0.5) is 0 Å². The molecule has 4 nitrogen and oxygen atoms in total. The molecule has 100 valence electrons. The van der Waals surface area contributed by atoms with Crippen LogP contribution in [-0.2, 0) is 13.7 Å². The SMILES string of the molecule is Cc1nn(C)c(COc2ccc(C=O)cc2Br)c1Br. The lowest BCUT2D eigenvalue weighted by Crippen LogP contribution is -2.04. The molecule has 19 heavy (non-hydrogen) atoms. The van der Waals surface area contributed by atoms with Crippen LogP contribution >= 0.6 is 31.9 Å². The molecular formula is C13H12Br2N2O2. The second-order valence-electron chi connectivity index (χ2n) is 4.07. The number of rotatable bonds is 4. The van der Waals surface area contributed by atoms with Crippen LogP contribution in [0.1, 0.15) is 21.7 Å². The van der Waals surface area contributed by atoms with Gasteiger partial charge in [0.1, 0.15) is 18.6 Å². The van der Waals surface area contributed by atoms with E-state index in [1.165, 1.54) is 0 Å². The van der Waals surface area contributed by atoms with E-state index in [0.717, 1.165) is 26.6 Å². The number of nitrogens with zero attached hydrogens (tertiary/aromatic N) is 2. The van der Waals surface area contributed by atoms with Crippen molar-refractivity contribution in [3.05, 3.63) is 44.1 Å². The first-order chi connectivity index (χ1) is 9.02. The van der Waals surface area contributed by atoms with Gasteiger partial charge in [0, 0.05) is 12.6 Å². The highest BCUT2D eigenvalue weighted by atomic mass is 79.9. The summed E-state index contributed by atoms with van der Waals surface area (Å²) >= 11 is 6.88. The van der Waals surface area contributed by atoms with Crippen molar-refractivity contribution in [3.8, 4) is 5.75 Å². The molecule has 0 N–H and O–H groups in total. The van der Waals surface area contributed by atoms with Gasteiger partial charge in [-0.3, -0.25) is 9.48 Å². The summed E-state index contributed by atoms with van der Waals surface area (Å²) in [4.78, 5) is 10.7. The molecule has 0 saturated carbocycles. The summed E-state index contributed by atoms with van der Waals surface area (Å²) in [7, 11) is 1.88. The summed E-state index contributed by atoms with van der Waals surface area (Å²) in [6.07, 6.45) is 0.801. The molecule has 0 spiro atoms. The van der Waals surface area contributed by atoms with Gasteiger partial charge >= 0.3 is 0 Å². The molecule has 0 atom stereocenters. The maximum absolute atomic E-state index is 10.7. The van der Waals surface area contributed by atoms with Gasteiger partial charge in [-0.15, -0.1) is 0 Å². The van der Waals surface area contributed by atoms with E-state index in [0.29, 0.717) is 17.9 Å². The minimum atomic E-state index is 0.400. The van der Waals surface area contributed by atoms with E-state index in [9.17, 15) is 4.79 Å². The van der Waals surface area contributed by atoms with Crippen LogP contribution in [0.25, 0.3) is 0 Å². The fourth-order valence-electron chi connectivity index (χ4n) is 1.69. The monoisotopic (exact) mass is 386 g/mol. The Morgan fingerprint density at radius 2 is 2.16 bits per heavy atom. The average Bonchev–Trinajstić information content (AvgIpc) is 2.62. The molecular weight excluding hydrogens is 376 g/mol. The number of ether oxygens (including phenoxy) is 1. The molecule has 6 heteroatoms. The number of hydrogen-bond donors (Lipinski definition) is 0. The summed E-state index contributed by atoms with van der Waals surface area (Å²) in [6.45, 7) is 2.33. The first kappa shape index (κ1) is 14.3. The molecule has 2 rings (SSSR count). The number of hydrogen-bond acceptors (Lipinski definition) is 3. The molecule has 1 heterocycles. The Balaban J connectivity index is 2.16. The Kier molecular flexibility index (Phi) is 4.42. The van der Waals surface area contributed by atoms with E-state index < -0.39 is 0 Å². The summed E-state index contributed by atoms with van der Waals surface area (Å²) in [6, 6.07) is 5.22. The highest BCUT2D eigenvalue weighted by molar-refractivity contribution is 9.10. The van der Waals surface area contributed by atoms with Crippen molar-refractivity contribution in [1.29, 1.82) is 0 Å². The zero-order valence-electron chi connectivity index (χ0n) is 10.5. The van der Waals surface area contributed by atoms with Gasteiger partial charge in [0.05, 0.1) is 20.3 Å². The number of aromatic nitrogens is 2. The van der Waals surface area contributed by atoms with Crippen molar-refractivity contribution in [2.45, 2.75) is 13.5 Å². The van der Waals surface area contributed by atoms with E-state index in [1.807, 2.05) is 14.0 Å². The van der Waals surface area contributed by atoms with E-state index in [2.05, 4.69) is 37.0 Å². The van der Waals surface area contributed by atoms with E-state index >= 15 is 0 Å². The van der Waals surface area contributed by atoms with Crippen molar-refractivity contribution >= 4 is 38.1 Å². The number of benzene rings is 1. The van der Waals surface area contributed by atoms with Crippen LogP contribution in [0.3, 0.4) is 0 Å². The normalized spacial score (nSPS) is 10.5. The molecule has 1 aromatic heterocycles. The third-order valence-corrected chi connectivity index (χ3v) is 4.37. The fraction of sp³-hybridized carbons (Fsp3) is 0.231. The van der Waals surface area contributed by atoms with Crippen LogP contribution in [0.15, 0.2) is 27.1 Å². The van der Waals surface area contributed by atoms with Crippen molar-refractivity contribution in [1.82, 2.24) is 9.78 Å². The second-order valence-corrected chi connectivity index (χ2v) is 5.71. The third-order valence-electron chi connectivity index (χ3n) is 2.72. The zero-order chi connectivity index (χ0) is 14.0. The maximum atomic E-state index is 10.7.